The van der Waals surface area contributed by atoms with Gasteiger partial charge in [-0.25, -0.2) is 0 Å². The first-order valence-corrected chi connectivity index (χ1v) is 33.0. The maximum atomic E-state index is 12.9. The monoisotopic (exact) mass is 1040 g/mol. The van der Waals surface area contributed by atoms with Crippen LogP contribution in [-0.4, -0.2) is 37.2 Å². The fraction of sp³-hybridized carbons (Fsp3) is 0.868. The number of hydrogen-bond donors (Lipinski definition) is 0. The standard InChI is InChI=1S/C68H126O6/c1-4-7-10-13-16-19-22-25-28-29-30-31-32-33-34-35-36-37-38-39-40-41-44-46-49-52-55-58-61-67(70)73-64-65(74-68(71)62-59-56-53-50-47-43-27-24-21-18-15-12-9-6-3)63-72-66(69)60-57-54-51-48-45-42-26-23-20-17-14-11-8-5-2/h15,18,23-24,26-27,65H,4-14,16-17,19-22,25,28-64H2,1-3H3/b18-15-,26-23-,27-24-. The second-order valence-electron chi connectivity index (χ2n) is 22.4. The summed E-state index contributed by atoms with van der Waals surface area (Å²) in [4.78, 5) is 38.2. The SMILES string of the molecule is CCCC/C=C\C/C=C\CCCCCCCC(=O)OC(COC(=O)CCCCCCC/C=C\CCCCCCC)COC(=O)CCCCCCCCCCCCCCCCCCCCCCCCCCCCCC. The Bertz CT molecular complexity index is 1240. The lowest BCUT2D eigenvalue weighted by Gasteiger charge is -2.18. The molecule has 0 aromatic carbocycles. The van der Waals surface area contributed by atoms with Crippen LogP contribution in [0, 0.1) is 0 Å². The molecule has 1 atom stereocenters. The number of rotatable bonds is 61. The molecule has 434 valence electrons. The van der Waals surface area contributed by atoms with Crippen molar-refractivity contribution in [2.45, 2.75) is 367 Å². The van der Waals surface area contributed by atoms with Crippen molar-refractivity contribution in [1.82, 2.24) is 0 Å². The molecular weight excluding hydrogens is 913 g/mol. The van der Waals surface area contributed by atoms with E-state index in [0.717, 1.165) is 89.9 Å². The molecule has 0 radical (unpaired) electrons. The van der Waals surface area contributed by atoms with Gasteiger partial charge in [0.25, 0.3) is 0 Å². The summed E-state index contributed by atoms with van der Waals surface area (Å²) < 4.78 is 16.9. The summed E-state index contributed by atoms with van der Waals surface area (Å²) in [5, 5.41) is 0. The van der Waals surface area contributed by atoms with E-state index in [9.17, 15) is 14.4 Å². The summed E-state index contributed by atoms with van der Waals surface area (Å²) in [6.07, 6.45) is 77.4. The van der Waals surface area contributed by atoms with Crippen molar-refractivity contribution in [3.05, 3.63) is 36.5 Å². The van der Waals surface area contributed by atoms with Crippen LogP contribution in [0.5, 0.6) is 0 Å². The lowest BCUT2D eigenvalue weighted by molar-refractivity contribution is -0.167. The van der Waals surface area contributed by atoms with Gasteiger partial charge >= 0.3 is 17.9 Å². The van der Waals surface area contributed by atoms with E-state index < -0.39 is 6.10 Å². The van der Waals surface area contributed by atoms with E-state index in [1.807, 2.05) is 0 Å². The molecule has 0 aromatic rings. The number of esters is 3. The number of unbranched alkanes of at least 4 members (excludes halogenated alkanes) is 44. The van der Waals surface area contributed by atoms with Gasteiger partial charge in [0.1, 0.15) is 13.2 Å². The summed E-state index contributed by atoms with van der Waals surface area (Å²) in [6, 6.07) is 0. The number of carbonyl (C=O) groups is 3. The zero-order valence-electron chi connectivity index (χ0n) is 49.9. The zero-order valence-corrected chi connectivity index (χ0v) is 49.9. The van der Waals surface area contributed by atoms with Gasteiger partial charge in [0.15, 0.2) is 6.10 Å². The number of hydrogen-bond acceptors (Lipinski definition) is 6. The third-order valence-electron chi connectivity index (χ3n) is 14.9. The average molecular weight is 1040 g/mol. The molecule has 0 spiro atoms. The third kappa shape index (κ3) is 60.5. The molecule has 0 rings (SSSR count). The van der Waals surface area contributed by atoms with Gasteiger partial charge in [-0.15, -0.1) is 0 Å². The summed E-state index contributed by atoms with van der Waals surface area (Å²) in [5.41, 5.74) is 0. The Balaban J connectivity index is 4.17. The quantitative estimate of drug-likeness (QED) is 0.0261. The molecule has 0 N–H and O–H groups in total. The molecular formula is C68H126O6. The van der Waals surface area contributed by atoms with Crippen LogP contribution in [0.2, 0.25) is 0 Å². The van der Waals surface area contributed by atoms with Crippen molar-refractivity contribution in [2.75, 3.05) is 13.2 Å². The molecule has 0 saturated carbocycles. The van der Waals surface area contributed by atoms with Crippen LogP contribution in [0.15, 0.2) is 36.5 Å². The average Bonchev–Trinajstić information content (AvgIpc) is 3.40. The lowest BCUT2D eigenvalue weighted by atomic mass is 10.0. The van der Waals surface area contributed by atoms with Crippen molar-refractivity contribution in [3.63, 3.8) is 0 Å². The molecule has 0 fully saturated rings. The second kappa shape index (κ2) is 63.2. The summed E-state index contributed by atoms with van der Waals surface area (Å²) in [5.74, 6) is -0.878. The predicted octanol–water partition coefficient (Wildman–Crippen LogP) is 22.4. The highest BCUT2D eigenvalue weighted by atomic mass is 16.6. The molecule has 0 amide bonds. The number of allylic oxidation sites excluding steroid dienone is 6. The first-order chi connectivity index (χ1) is 36.5. The summed E-state index contributed by atoms with van der Waals surface area (Å²) in [7, 11) is 0. The van der Waals surface area contributed by atoms with Gasteiger partial charge in [0.2, 0.25) is 0 Å². The second-order valence-corrected chi connectivity index (χ2v) is 22.4. The molecule has 6 heteroatoms. The van der Waals surface area contributed by atoms with Gasteiger partial charge in [-0.3, -0.25) is 14.4 Å². The fourth-order valence-electron chi connectivity index (χ4n) is 9.87. The van der Waals surface area contributed by atoms with Crippen molar-refractivity contribution < 1.29 is 28.6 Å². The number of carbonyl (C=O) groups excluding carboxylic acids is 3. The normalized spacial score (nSPS) is 12.2. The van der Waals surface area contributed by atoms with E-state index in [1.165, 1.54) is 231 Å². The maximum Gasteiger partial charge on any atom is 0.306 e. The van der Waals surface area contributed by atoms with E-state index >= 15 is 0 Å². The van der Waals surface area contributed by atoms with Gasteiger partial charge in [-0.05, 0) is 70.6 Å². The van der Waals surface area contributed by atoms with Gasteiger partial charge in [0.05, 0.1) is 0 Å². The Morgan fingerprint density at radius 2 is 0.500 bits per heavy atom. The Hall–Kier alpha value is -2.37. The van der Waals surface area contributed by atoms with Gasteiger partial charge in [0, 0.05) is 19.3 Å². The van der Waals surface area contributed by atoms with E-state index in [1.54, 1.807) is 0 Å². The van der Waals surface area contributed by atoms with E-state index in [-0.39, 0.29) is 31.1 Å². The number of ether oxygens (including phenoxy) is 3. The zero-order chi connectivity index (χ0) is 53.6. The Morgan fingerprint density at radius 1 is 0.270 bits per heavy atom. The van der Waals surface area contributed by atoms with Gasteiger partial charge < -0.3 is 14.2 Å². The Labute approximate surface area is 461 Å². The smallest absolute Gasteiger partial charge is 0.306 e. The topological polar surface area (TPSA) is 78.9 Å². The third-order valence-corrected chi connectivity index (χ3v) is 14.9. The van der Waals surface area contributed by atoms with Crippen LogP contribution in [0.25, 0.3) is 0 Å². The van der Waals surface area contributed by atoms with Gasteiger partial charge in [-0.2, -0.15) is 0 Å². The first kappa shape index (κ1) is 71.6. The van der Waals surface area contributed by atoms with E-state index in [4.69, 9.17) is 14.2 Å². The molecule has 74 heavy (non-hydrogen) atoms. The van der Waals surface area contributed by atoms with Crippen LogP contribution >= 0.6 is 0 Å². The van der Waals surface area contributed by atoms with Gasteiger partial charge in [-0.1, -0.05) is 308 Å². The highest BCUT2D eigenvalue weighted by Gasteiger charge is 2.19. The lowest BCUT2D eigenvalue weighted by Crippen LogP contribution is -2.30. The molecule has 6 nitrogen and oxygen atoms in total. The van der Waals surface area contributed by atoms with Crippen LogP contribution in [-0.2, 0) is 28.6 Å². The maximum absolute atomic E-state index is 12.9. The minimum absolute atomic E-state index is 0.0766. The van der Waals surface area contributed by atoms with Crippen LogP contribution in [0.3, 0.4) is 0 Å². The Morgan fingerprint density at radius 3 is 0.797 bits per heavy atom. The molecule has 0 saturated heterocycles. The molecule has 0 aliphatic rings. The predicted molar refractivity (Wildman–Crippen MR) is 321 cm³/mol. The van der Waals surface area contributed by atoms with E-state index in [0.29, 0.717) is 19.3 Å². The minimum atomic E-state index is -0.781. The molecule has 0 bridgehead atoms. The largest absolute Gasteiger partial charge is 0.462 e. The highest BCUT2D eigenvalue weighted by molar-refractivity contribution is 5.71. The Kier molecular flexibility index (Phi) is 61.1. The van der Waals surface area contributed by atoms with Crippen molar-refractivity contribution in [3.8, 4) is 0 Å². The molecule has 0 aliphatic heterocycles. The minimum Gasteiger partial charge on any atom is -0.462 e. The van der Waals surface area contributed by atoms with Crippen molar-refractivity contribution >= 4 is 17.9 Å². The molecule has 0 heterocycles. The van der Waals surface area contributed by atoms with Crippen LogP contribution in [0.4, 0.5) is 0 Å². The van der Waals surface area contributed by atoms with Crippen molar-refractivity contribution in [2.24, 2.45) is 0 Å². The van der Waals surface area contributed by atoms with E-state index in [2.05, 4.69) is 57.2 Å². The van der Waals surface area contributed by atoms with Crippen LogP contribution < -0.4 is 0 Å². The van der Waals surface area contributed by atoms with Crippen LogP contribution in [0.1, 0.15) is 361 Å². The fourth-order valence-corrected chi connectivity index (χ4v) is 9.87. The molecule has 0 aliphatic carbocycles. The molecule has 1 unspecified atom stereocenters. The molecule has 0 aromatic heterocycles. The highest BCUT2D eigenvalue weighted by Crippen LogP contribution is 2.18. The summed E-state index contributed by atoms with van der Waals surface area (Å²) >= 11 is 0. The first-order valence-electron chi connectivity index (χ1n) is 33.0. The van der Waals surface area contributed by atoms with Crippen molar-refractivity contribution in [1.29, 1.82) is 0 Å². The summed E-state index contributed by atoms with van der Waals surface area (Å²) in [6.45, 7) is 6.63.